The minimum atomic E-state index is -0.328. The van der Waals surface area contributed by atoms with E-state index in [4.69, 9.17) is 9.47 Å². The molecule has 2 aliphatic heterocycles. The molecule has 3 aromatic carbocycles. The molecule has 0 saturated carbocycles. The number of nitrogens with zero attached hydrogens (tertiary/aromatic N) is 2. The van der Waals surface area contributed by atoms with Crippen LogP contribution in [0.5, 0.6) is 5.75 Å². The Labute approximate surface area is 229 Å². The number of amides is 1. The van der Waals surface area contributed by atoms with Gasteiger partial charge in [0, 0.05) is 50.2 Å². The van der Waals surface area contributed by atoms with Crippen molar-refractivity contribution in [1.29, 1.82) is 0 Å². The van der Waals surface area contributed by atoms with Crippen LogP contribution in [0.15, 0.2) is 103 Å². The minimum Gasteiger partial charge on any atom is -0.487 e. The summed E-state index contributed by atoms with van der Waals surface area (Å²) in [6.07, 6.45) is 3.34. The maximum Gasteiger partial charge on any atom is 0.407 e. The first-order valence-corrected chi connectivity index (χ1v) is 13.6. The summed E-state index contributed by atoms with van der Waals surface area (Å²) in [6, 6.07) is 33.5. The molecule has 2 aliphatic rings. The number of benzene rings is 3. The number of likely N-dealkylation sites (tertiary alicyclic amines) is 1. The van der Waals surface area contributed by atoms with Crippen LogP contribution in [0.4, 0.5) is 4.79 Å². The average Bonchev–Trinajstić information content (AvgIpc) is 3.37. The molecule has 2 saturated heterocycles. The van der Waals surface area contributed by atoms with Crippen molar-refractivity contribution in [2.75, 3.05) is 26.2 Å². The van der Waals surface area contributed by atoms with Gasteiger partial charge in [-0.1, -0.05) is 78.9 Å². The molecule has 4 aromatic rings. The van der Waals surface area contributed by atoms with Gasteiger partial charge < -0.3 is 19.7 Å². The number of piperidine rings is 1. The molecule has 1 atom stereocenters. The molecule has 0 bridgehead atoms. The average molecular weight is 520 g/mol. The molecule has 3 heterocycles. The van der Waals surface area contributed by atoms with E-state index in [-0.39, 0.29) is 17.6 Å². The fourth-order valence-corrected chi connectivity index (χ4v) is 5.54. The zero-order valence-electron chi connectivity index (χ0n) is 22.0. The smallest absolute Gasteiger partial charge is 0.407 e. The summed E-state index contributed by atoms with van der Waals surface area (Å²) in [7, 11) is 0. The topological polar surface area (TPSA) is 63.7 Å². The van der Waals surface area contributed by atoms with Gasteiger partial charge >= 0.3 is 6.09 Å². The molecule has 1 aromatic heterocycles. The summed E-state index contributed by atoms with van der Waals surface area (Å²) in [5.74, 6) is 1.07. The van der Waals surface area contributed by atoms with Gasteiger partial charge in [0.25, 0.3) is 0 Å². The SMILES string of the molecule is O=C1NCC2(CCN(CC(c3ccccc3)c3ccc(OCc4ccc(-c5ccccc5)cn4)cc3)CC2)O1. The second-order valence-corrected chi connectivity index (χ2v) is 10.5. The number of aromatic nitrogens is 1. The van der Waals surface area contributed by atoms with Crippen LogP contribution in [-0.4, -0.2) is 47.8 Å². The highest BCUT2D eigenvalue weighted by Gasteiger charge is 2.43. The van der Waals surface area contributed by atoms with Gasteiger partial charge in [-0.3, -0.25) is 4.98 Å². The maximum absolute atomic E-state index is 11.6. The number of hydrogen-bond donors (Lipinski definition) is 1. The van der Waals surface area contributed by atoms with Gasteiger partial charge in [-0.05, 0) is 34.9 Å². The molecule has 1 unspecified atom stereocenters. The summed E-state index contributed by atoms with van der Waals surface area (Å²) in [5.41, 5.74) is 5.37. The highest BCUT2D eigenvalue weighted by atomic mass is 16.6. The number of rotatable bonds is 8. The first kappa shape index (κ1) is 25.1. The van der Waals surface area contributed by atoms with Crippen molar-refractivity contribution in [2.45, 2.75) is 31.0 Å². The van der Waals surface area contributed by atoms with E-state index in [0.29, 0.717) is 13.2 Å². The molecule has 6 rings (SSSR count). The third kappa shape index (κ3) is 5.96. The summed E-state index contributed by atoms with van der Waals surface area (Å²) >= 11 is 0. The Morgan fingerprint density at radius 1 is 0.846 bits per heavy atom. The fraction of sp³-hybridized carbons (Fsp3) is 0.273. The molecule has 1 N–H and O–H groups in total. The third-order valence-electron chi connectivity index (χ3n) is 7.88. The van der Waals surface area contributed by atoms with Crippen LogP contribution in [0.25, 0.3) is 11.1 Å². The summed E-state index contributed by atoms with van der Waals surface area (Å²) < 4.78 is 11.7. The molecule has 198 valence electrons. The largest absolute Gasteiger partial charge is 0.487 e. The first-order valence-electron chi connectivity index (χ1n) is 13.6. The van der Waals surface area contributed by atoms with Crippen LogP contribution in [0.1, 0.15) is 35.6 Å². The van der Waals surface area contributed by atoms with E-state index in [1.165, 1.54) is 11.1 Å². The van der Waals surface area contributed by atoms with Gasteiger partial charge in [-0.15, -0.1) is 0 Å². The van der Waals surface area contributed by atoms with Crippen molar-refractivity contribution < 1.29 is 14.3 Å². The van der Waals surface area contributed by atoms with Crippen LogP contribution in [0.3, 0.4) is 0 Å². The molecule has 1 amide bonds. The third-order valence-corrected chi connectivity index (χ3v) is 7.88. The fourth-order valence-electron chi connectivity index (χ4n) is 5.54. The van der Waals surface area contributed by atoms with Gasteiger partial charge in [0.05, 0.1) is 12.2 Å². The lowest BCUT2D eigenvalue weighted by Crippen LogP contribution is -2.47. The lowest BCUT2D eigenvalue weighted by Gasteiger charge is -2.38. The van der Waals surface area contributed by atoms with E-state index in [1.54, 1.807) is 0 Å². The zero-order chi connectivity index (χ0) is 26.5. The van der Waals surface area contributed by atoms with E-state index in [2.05, 4.69) is 88.0 Å². The Balaban J connectivity index is 1.10. The van der Waals surface area contributed by atoms with Crippen LogP contribution < -0.4 is 10.1 Å². The van der Waals surface area contributed by atoms with E-state index in [1.807, 2.05) is 30.5 Å². The van der Waals surface area contributed by atoms with Crippen molar-refractivity contribution in [2.24, 2.45) is 0 Å². The normalized spacial score (nSPS) is 17.4. The highest BCUT2D eigenvalue weighted by molar-refractivity contribution is 5.70. The van der Waals surface area contributed by atoms with Crippen LogP contribution in [0.2, 0.25) is 0 Å². The Morgan fingerprint density at radius 2 is 1.54 bits per heavy atom. The highest BCUT2D eigenvalue weighted by Crippen LogP contribution is 2.33. The van der Waals surface area contributed by atoms with E-state index < -0.39 is 0 Å². The van der Waals surface area contributed by atoms with Crippen molar-refractivity contribution in [1.82, 2.24) is 15.2 Å². The summed E-state index contributed by atoms with van der Waals surface area (Å²) in [6.45, 7) is 3.78. The van der Waals surface area contributed by atoms with Crippen molar-refractivity contribution in [3.8, 4) is 16.9 Å². The molecule has 1 spiro atoms. The molecule has 0 aliphatic carbocycles. The van der Waals surface area contributed by atoms with E-state index in [9.17, 15) is 4.79 Å². The van der Waals surface area contributed by atoms with Crippen LogP contribution in [-0.2, 0) is 11.3 Å². The number of ether oxygens (including phenoxy) is 2. The Morgan fingerprint density at radius 3 is 2.18 bits per heavy atom. The van der Waals surface area contributed by atoms with Crippen molar-refractivity contribution in [3.63, 3.8) is 0 Å². The molecular formula is C33H33N3O3. The second-order valence-electron chi connectivity index (χ2n) is 10.5. The van der Waals surface area contributed by atoms with Crippen LogP contribution >= 0.6 is 0 Å². The van der Waals surface area contributed by atoms with Gasteiger partial charge in [0.1, 0.15) is 18.0 Å². The number of carbonyl (C=O) groups is 1. The quantitative estimate of drug-likeness (QED) is 0.308. The van der Waals surface area contributed by atoms with Crippen molar-refractivity contribution >= 4 is 6.09 Å². The predicted octanol–water partition coefficient (Wildman–Crippen LogP) is 6.03. The maximum atomic E-state index is 11.6. The standard InChI is InChI=1S/C33H33N3O3/c37-32-35-24-33(39-32)17-19-36(20-18-33)22-31(26-9-5-2-6-10-26)27-12-15-30(16-13-27)38-23-29-14-11-28(21-34-29)25-7-3-1-4-8-25/h1-16,21,31H,17-20,22-24H2,(H,35,37). The zero-order valence-corrected chi connectivity index (χ0v) is 22.0. The van der Waals surface area contributed by atoms with Crippen molar-refractivity contribution in [3.05, 3.63) is 120 Å². The molecule has 6 nitrogen and oxygen atoms in total. The number of carbonyl (C=O) groups excluding carboxylic acids is 1. The molecule has 0 radical (unpaired) electrons. The summed E-state index contributed by atoms with van der Waals surface area (Å²) in [5, 5.41) is 2.83. The number of pyridine rings is 1. The number of alkyl carbamates (subject to hydrolysis) is 1. The Kier molecular flexibility index (Phi) is 7.28. The van der Waals surface area contributed by atoms with Crippen LogP contribution in [0, 0.1) is 0 Å². The monoisotopic (exact) mass is 519 g/mol. The lowest BCUT2D eigenvalue weighted by molar-refractivity contribution is 0.000314. The number of nitrogens with one attached hydrogen (secondary N) is 1. The molecular weight excluding hydrogens is 486 g/mol. The predicted molar refractivity (Wildman–Crippen MR) is 152 cm³/mol. The molecule has 2 fully saturated rings. The van der Waals surface area contributed by atoms with Gasteiger partial charge in [-0.2, -0.15) is 0 Å². The molecule has 39 heavy (non-hydrogen) atoms. The second kappa shape index (κ2) is 11.3. The first-order chi connectivity index (χ1) is 19.2. The lowest BCUT2D eigenvalue weighted by atomic mass is 9.88. The van der Waals surface area contributed by atoms with E-state index >= 15 is 0 Å². The minimum absolute atomic E-state index is 0.241. The van der Waals surface area contributed by atoms with Gasteiger partial charge in [0.2, 0.25) is 0 Å². The van der Waals surface area contributed by atoms with Gasteiger partial charge in [0.15, 0.2) is 0 Å². The Bertz CT molecular complexity index is 1370. The molecule has 6 heteroatoms. The summed E-state index contributed by atoms with van der Waals surface area (Å²) in [4.78, 5) is 18.7. The van der Waals surface area contributed by atoms with E-state index in [0.717, 1.165) is 55.0 Å². The Hall–Kier alpha value is -4.16. The number of hydrogen-bond acceptors (Lipinski definition) is 5. The van der Waals surface area contributed by atoms with Gasteiger partial charge in [-0.25, -0.2) is 4.79 Å².